The Kier molecular flexibility index (Phi) is 5.81. The van der Waals surface area contributed by atoms with Gasteiger partial charge in [-0.15, -0.1) is 4.57 Å². The predicted octanol–water partition coefficient (Wildman–Crippen LogP) is 3.17. The van der Waals surface area contributed by atoms with Crippen molar-refractivity contribution in [3.05, 3.63) is 115 Å². The van der Waals surface area contributed by atoms with Crippen molar-refractivity contribution < 1.29 is 17.0 Å². The van der Waals surface area contributed by atoms with E-state index in [0.717, 1.165) is 55.7 Å². The number of halogens is 1. The minimum absolute atomic E-state index is 0. The van der Waals surface area contributed by atoms with E-state index < -0.39 is 0 Å². The zero-order valence-electron chi connectivity index (χ0n) is 18.9. The van der Waals surface area contributed by atoms with Crippen LogP contribution in [0.3, 0.4) is 0 Å². The Morgan fingerprint density at radius 3 is 1.86 bits per heavy atom. The molecule has 0 amide bonds. The Morgan fingerprint density at radius 2 is 1.20 bits per heavy atom. The molecule has 0 unspecified atom stereocenters. The molecule has 0 aliphatic carbocycles. The molecule has 4 nitrogen and oxygen atoms in total. The minimum atomic E-state index is 0. The highest BCUT2D eigenvalue weighted by atomic mass is 35.5. The molecule has 35 heavy (non-hydrogen) atoms. The number of anilines is 2. The van der Waals surface area contributed by atoms with Gasteiger partial charge in [-0.1, -0.05) is 78.9 Å². The lowest BCUT2D eigenvalue weighted by atomic mass is 9.94. The maximum absolute atomic E-state index is 6.97. The molecule has 6 aromatic rings. The van der Waals surface area contributed by atoms with Gasteiger partial charge in [0.25, 0.3) is 0 Å². The van der Waals surface area contributed by atoms with Gasteiger partial charge in [-0.05, 0) is 29.3 Å². The van der Waals surface area contributed by atoms with Crippen LogP contribution in [0.2, 0.25) is 0 Å². The molecular weight excluding hydrogens is 452 g/mol. The number of nitrogens with zero attached hydrogens (tertiary/aromatic N) is 2. The summed E-state index contributed by atoms with van der Waals surface area (Å²) in [6, 6.07) is 38.7. The van der Waals surface area contributed by atoms with Crippen LogP contribution in [0.15, 0.2) is 115 Å². The Bertz CT molecular complexity index is 1650. The van der Waals surface area contributed by atoms with Crippen LogP contribution in [0, 0.1) is 0 Å². The highest BCUT2D eigenvalue weighted by Crippen LogP contribution is 2.40. The number of hydrogen-bond donors (Lipinski definition) is 2. The Balaban J connectivity index is 0.00000253. The minimum Gasteiger partial charge on any atom is -1.00 e. The van der Waals surface area contributed by atoms with E-state index in [0.29, 0.717) is 5.69 Å². The van der Waals surface area contributed by atoms with Gasteiger partial charge < -0.3 is 23.9 Å². The lowest BCUT2D eigenvalue weighted by Gasteiger charge is -2.15. The number of fused-ring (bicyclic) bond motifs is 2. The summed E-state index contributed by atoms with van der Waals surface area (Å²) >= 11 is 0. The SMILES string of the molecule is Nc1ccc2nc3cc(-c4ccccc4)c(N)c(-c4ccccc4)c3[n+](-c3ccccc3)c2c1.[Cl-]. The highest BCUT2D eigenvalue weighted by molar-refractivity contribution is 6.04. The molecule has 1 heterocycles. The second-order valence-electron chi connectivity index (χ2n) is 8.34. The van der Waals surface area contributed by atoms with E-state index in [1.165, 1.54) is 0 Å². The Hall–Kier alpha value is -4.41. The number of aromatic nitrogens is 2. The van der Waals surface area contributed by atoms with Crippen LogP contribution < -0.4 is 28.4 Å². The lowest BCUT2D eigenvalue weighted by molar-refractivity contribution is -0.537. The summed E-state index contributed by atoms with van der Waals surface area (Å²) in [6.45, 7) is 0. The van der Waals surface area contributed by atoms with Crippen molar-refractivity contribution in [2.75, 3.05) is 11.5 Å². The molecule has 4 N–H and O–H groups in total. The maximum Gasteiger partial charge on any atom is 0.247 e. The van der Waals surface area contributed by atoms with Gasteiger partial charge in [0.15, 0.2) is 0 Å². The van der Waals surface area contributed by atoms with Crippen molar-refractivity contribution in [3.8, 4) is 27.9 Å². The van der Waals surface area contributed by atoms with Gasteiger partial charge in [-0.2, -0.15) is 0 Å². The summed E-state index contributed by atoms with van der Waals surface area (Å²) in [7, 11) is 0. The quantitative estimate of drug-likeness (QED) is 0.235. The molecular formula is C30H23ClN4. The van der Waals surface area contributed by atoms with Crippen LogP contribution in [0.1, 0.15) is 0 Å². The number of hydrogen-bond acceptors (Lipinski definition) is 3. The first-order valence-electron chi connectivity index (χ1n) is 11.2. The average Bonchev–Trinajstić information content (AvgIpc) is 2.89. The number of benzene rings is 5. The van der Waals surface area contributed by atoms with Crippen LogP contribution in [-0.2, 0) is 0 Å². The third-order valence-electron chi connectivity index (χ3n) is 6.19. The fourth-order valence-electron chi connectivity index (χ4n) is 4.65. The monoisotopic (exact) mass is 474 g/mol. The fraction of sp³-hybridized carbons (Fsp3) is 0. The molecule has 0 aliphatic rings. The Labute approximate surface area is 209 Å². The highest BCUT2D eigenvalue weighted by Gasteiger charge is 2.27. The molecule has 1 aromatic heterocycles. The molecule has 0 spiro atoms. The van der Waals surface area contributed by atoms with E-state index in [1.807, 2.05) is 72.8 Å². The van der Waals surface area contributed by atoms with Gasteiger partial charge in [0.05, 0.1) is 11.3 Å². The molecule has 0 fully saturated rings. The standard InChI is InChI=1S/C30H22N4.ClH/c31-22-16-17-25-27(18-22)34(23-14-8-3-9-15-23)30-26(33-25)19-24(20-10-4-1-5-11-20)29(32)28(30)21-12-6-2-7-13-21;/h1-19H,(H3,31,32);1H. The van der Waals surface area contributed by atoms with Crippen LogP contribution >= 0.6 is 0 Å². The van der Waals surface area contributed by atoms with Crippen LogP contribution in [0.5, 0.6) is 0 Å². The van der Waals surface area contributed by atoms with Gasteiger partial charge in [0.1, 0.15) is 11.0 Å². The normalized spacial score (nSPS) is 10.9. The van der Waals surface area contributed by atoms with Crippen molar-refractivity contribution in [2.45, 2.75) is 0 Å². The summed E-state index contributed by atoms with van der Waals surface area (Å²) < 4.78 is 2.22. The third kappa shape index (κ3) is 3.84. The molecule has 0 bridgehead atoms. The fourth-order valence-corrected chi connectivity index (χ4v) is 4.65. The van der Waals surface area contributed by atoms with Crippen molar-refractivity contribution in [2.24, 2.45) is 0 Å². The van der Waals surface area contributed by atoms with E-state index in [4.69, 9.17) is 16.5 Å². The summed E-state index contributed by atoms with van der Waals surface area (Å²) in [5, 5.41) is 0. The molecule has 0 aliphatic heterocycles. The first kappa shape index (κ1) is 22.4. The second kappa shape index (κ2) is 9.09. The van der Waals surface area contributed by atoms with Crippen LogP contribution in [0.4, 0.5) is 11.4 Å². The molecule has 170 valence electrons. The van der Waals surface area contributed by atoms with E-state index in [-0.39, 0.29) is 12.4 Å². The van der Waals surface area contributed by atoms with Crippen molar-refractivity contribution in [3.63, 3.8) is 0 Å². The van der Waals surface area contributed by atoms with Crippen molar-refractivity contribution in [1.82, 2.24) is 4.98 Å². The predicted molar refractivity (Wildman–Crippen MR) is 140 cm³/mol. The van der Waals surface area contributed by atoms with E-state index >= 15 is 0 Å². The first-order valence-corrected chi connectivity index (χ1v) is 11.2. The average molecular weight is 475 g/mol. The zero-order chi connectivity index (χ0) is 23.1. The number of nitrogen functional groups attached to an aromatic ring is 2. The summed E-state index contributed by atoms with van der Waals surface area (Å²) in [5.74, 6) is 0. The molecule has 5 aromatic carbocycles. The maximum atomic E-state index is 6.97. The number of para-hydroxylation sites is 1. The molecule has 6 rings (SSSR count). The molecule has 0 atom stereocenters. The summed E-state index contributed by atoms with van der Waals surface area (Å²) in [4.78, 5) is 5.09. The van der Waals surface area contributed by atoms with E-state index in [1.54, 1.807) is 0 Å². The van der Waals surface area contributed by atoms with Gasteiger partial charge >= 0.3 is 0 Å². The van der Waals surface area contributed by atoms with Gasteiger partial charge in [0.2, 0.25) is 16.7 Å². The third-order valence-corrected chi connectivity index (χ3v) is 6.19. The van der Waals surface area contributed by atoms with Gasteiger partial charge in [-0.25, -0.2) is 4.98 Å². The van der Waals surface area contributed by atoms with Crippen molar-refractivity contribution >= 4 is 33.4 Å². The lowest BCUT2D eigenvalue weighted by Crippen LogP contribution is -3.00. The van der Waals surface area contributed by atoms with Crippen LogP contribution in [-0.4, -0.2) is 4.98 Å². The Morgan fingerprint density at radius 1 is 0.600 bits per heavy atom. The topological polar surface area (TPSA) is 68.8 Å². The molecule has 0 radical (unpaired) electrons. The second-order valence-corrected chi connectivity index (χ2v) is 8.34. The molecule has 0 saturated carbocycles. The van der Waals surface area contributed by atoms with Crippen molar-refractivity contribution in [1.29, 1.82) is 0 Å². The smallest absolute Gasteiger partial charge is 0.247 e. The summed E-state index contributed by atoms with van der Waals surface area (Å²) in [5.41, 5.74) is 23.3. The van der Waals surface area contributed by atoms with E-state index in [9.17, 15) is 0 Å². The number of rotatable bonds is 3. The van der Waals surface area contributed by atoms with Crippen LogP contribution in [0.25, 0.3) is 50.0 Å². The van der Waals surface area contributed by atoms with Gasteiger partial charge in [-0.3, -0.25) is 0 Å². The van der Waals surface area contributed by atoms with Gasteiger partial charge in [0, 0.05) is 29.4 Å². The number of nitrogens with two attached hydrogens (primary N) is 2. The summed E-state index contributed by atoms with van der Waals surface area (Å²) in [6.07, 6.45) is 0. The largest absolute Gasteiger partial charge is 1.00 e. The zero-order valence-corrected chi connectivity index (χ0v) is 19.7. The molecule has 0 saturated heterocycles. The van der Waals surface area contributed by atoms with E-state index in [2.05, 4.69) is 47.0 Å². The molecule has 5 heteroatoms. The first-order chi connectivity index (χ1) is 16.7.